The topological polar surface area (TPSA) is 45.2 Å². The Morgan fingerprint density at radius 2 is 2.14 bits per heavy atom. The first kappa shape index (κ1) is 15.7. The third-order valence-corrected chi connectivity index (χ3v) is 3.77. The highest BCUT2D eigenvalue weighted by Crippen LogP contribution is 2.27. The molecule has 2 amide bonds. The fraction of sp³-hybridized carbons (Fsp3) is 0.600. The van der Waals surface area contributed by atoms with Crippen LogP contribution in [0.15, 0.2) is 18.3 Å². The van der Waals surface area contributed by atoms with E-state index in [9.17, 15) is 13.6 Å². The van der Waals surface area contributed by atoms with Crippen LogP contribution >= 0.6 is 0 Å². The van der Waals surface area contributed by atoms with E-state index in [1.165, 1.54) is 4.90 Å². The Labute approximate surface area is 123 Å². The number of nitrogens with zero attached hydrogens (tertiary/aromatic N) is 2. The molecule has 0 unspecified atom stereocenters. The van der Waals surface area contributed by atoms with Crippen LogP contribution in [0.4, 0.5) is 13.6 Å². The molecule has 1 aromatic heterocycles. The molecule has 21 heavy (non-hydrogen) atoms. The second kappa shape index (κ2) is 6.37. The molecule has 1 atom stereocenters. The van der Waals surface area contributed by atoms with Crippen LogP contribution in [-0.2, 0) is 6.42 Å². The third-order valence-electron chi connectivity index (χ3n) is 3.77. The Balaban J connectivity index is 1.84. The Bertz CT molecular complexity index is 497. The Morgan fingerprint density at radius 1 is 1.48 bits per heavy atom. The van der Waals surface area contributed by atoms with E-state index in [4.69, 9.17) is 0 Å². The maximum atomic E-state index is 13.1. The SMILES string of the molecule is Cc1cccnc1C[C@H](C)NC(=O)N1CCC(F)(F)CC1. The molecule has 1 N–H and O–H groups in total. The zero-order chi connectivity index (χ0) is 15.5. The summed E-state index contributed by atoms with van der Waals surface area (Å²) >= 11 is 0. The smallest absolute Gasteiger partial charge is 0.317 e. The number of aryl methyl sites for hydroxylation is 1. The molecule has 116 valence electrons. The zero-order valence-electron chi connectivity index (χ0n) is 12.4. The molecule has 1 aromatic rings. The number of alkyl halides is 2. The molecule has 6 heteroatoms. The quantitative estimate of drug-likeness (QED) is 0.932. The summed E-state index contributed by atoms with van der Waals surface area (Å²) in [7, 11) is 0. The fourth-order valence-corrected chi connectivity index (χ4v) is 2.41. The van der Waals surface area contributed by atoms with Gasteiger partial charge in [-0.05, 0) is 25.5 Å². The summed E-state index contributed by atoms with van der Waals surface area (Å²) in [6.07, 6.45) is 1.84. The Hall–Kier alpha value is -1.72. The summed E-state index contributed by atoms with van der Waals surface area (Å²) in [4.78, 5) is 17.8. The van der Waals surface area contributed by atoms with Crippen molar-refractivity contribution in [3.63, 3.8) is 0 Å². The number of likely N-dealkylation sites (tertiary alicyclic amines) is 1. The number of hydrogen-bond acceptors (Lipinski definition) is 2. The van der Waals surface area contributed by atoms with Crippen LogP contribution in [0.25, 0.3) is 0 Å². The average Bonchev–Trinajstić information content (AvgIpc) is 2.41. The Kier molecular flexibility index (Phi) is 4.75. The average molecular weight is 297 g/mol. The maximum absolute atomic E-state index is 13.1. The minimum atomic E-state index is -2.63. The van der Waals surface area contributed by atoms with Crippen molar-refractivity contribution in [2.75, 3.05) is 13.1 Å². The highest BCUT2D eigenvalue weighted by Gasteiger charge is 2.35. The van der Waals surface area contributed by atoms with Gasteiger partial charge in [-0.3, -0.25) is 4.98 Å². The summed E-state index contributed by atoms with van der Waals surface area (Å²) in [6.45, 7) is 4.08. The molecule has 0 radical (unpaired) electrons. The van der Waals surface area contributed by atoms with Gasteiger partial charge in [0.2, 0.25) is 0 Å². The zero-order valence-corrected chi connectivity index (χ0v) is 12.4. The van der Waals surface area contributed by atoms with Crippen LogP contribution < -0.4 is 5.32 Å². The van der Waals surface area contributed by atoms with Crippen LogP contribution in [0.2, 0.25) is 0 Å². The van der Waals surface area contributed by atoms with Crippen molar-refractivity contribution in [1.82, 2.24) is 15.2 Å². The number of aromatic nitrogens is 1. The Morgan fingerprint density at radius 3 is 2.76 bits per heavy atom. The van der Waals surface area contributed by atoms with Gasteiger partial charge in [-0.25, -0.2) is 13.6 Å². The van der Waals surface area contributed by atoms with Crippen molar-refractivity contribution in [1.29, 1.82) is 0 Å². The number of rotatable bonds is 3. The molecule has 0 spiro atoms. The summed E-state index contributed by atoms with van der Waals surface area (Å²) in [5, 5.41) is 2.85. The largest absolute Gasteiger partial charge is 0.335 e. The number of piperidine rings is 1. The second-order valence-electron chi connectivity index (χ2n) is 5.66. The molecule has 1 aliphatic rings. The number of amides is 2. The molecular weight excluding hydrogens is 276 g/mol. The van der Waals surface area contributed by atoms with Gasteiger partial charge < -0.3 is 10.2 Å². The van der Waals surface area contributed by atoms with Crippen molar-refractivity contribution in [2.45, 2.75) is 45.1 Å². The van der Waals surface area contributed by atoms with Gasteiger partial charge in [-0.1, -0.05) is 6.07 Å². The molecule has 0 aromatic carbocycles. The van der Waals surface area contributed by atoms with E-state index in [0.717, 1.165) is 11.3 Å². The monoisotopic (exact) mass is 297 g/mol. The van der Waals surface area contributed by atoms with Crippen molar-refractivity contribution in [2.24, 2.45) is 0 Å². The van der Waals surface area contributed by atoms with E-state index < -0.39 is 5.92 Å². The minimum Gasteiger partial charge on any atom is -0.335 e. The number of hydrogen-bond donors (Lipinski definition) is 1. The van der Waals surface area contributed by atoms with Gasteiger partial charge >= 0.3 is 6.03 Å². The van der Waals surface area contributed by atoms with E-state index in [2.05, 4.69) is 10.3 Å². The highest BCUT2D eigenvalue weighted by molar-refractivity contribution is 5.74. The first-order valence-corrected chi connectivity index (χ1v) is 7.21. The molecule has 1 fully saturated rings. The van der Waals surface area contributed by atoms with Gasteiger partial charge in [0.15, 0.2) is 0 Å². The second-order valence-corrected chi connectivity index (χ2v) is 5.66. The van der Waals surface area contributed by atoms with Gasteiger partial charge in [0.1, 0.15) is 0 Å². The highest BCUT2D eigenvalue weighted by atomic mass is 19.3. The number of pyridine rings is 1. The van der Waals surface area contributed by atoms with E-state index >= 15 is 0 Å². The molecule has 1 aliphatic heterocycles. The van der Waals surface area contributed by atoms with Crippen molar-refractivity contribution >= 4 is 6.03 Å². The van der Waals surface area contributed by atoms with E-state index in [0.29, 0.717) is 6.42 Å². The predicted octanol–water partition coefficient (Wildman–Crippen LogP) is 2.76. The van der Waals surface area contributed by atoms with Gasteiger partial charge in [0, 0.05) is 50.3 Å². The molecule has 4 nitrogen and oxygen atoms in total. The van der Waals surface area contributed by atoms with Crippen molar-refractivity contribution in [3.8, 4) is 0 Å². The lowest BCUT2D eigenvalue weighted by molar-refractivity contribution is -0.0470. The standard InChI is InChI=1S/C15H21F2N3O/c1-11-4-3-7-18-13(11)10-12(2)19-14(21)20-8-5-15(16,17)6-9-20/h3-4,7,12H,5-6,8-10H2,1-2H3,(H,19,21)/t12-/m0/s1. The number of nitrogens with one attached hydrogen (secondary N) is 1. The first-order valence-electron chi connectivity index (χ1n) is 7.21. The first-order chi connectivity index (χ1) is 9.87. The van der Waals surface area contributed by atoms with Gasteiger partial charge in [-0.2, -0.15) is 0 Å². The minimum absolute atomic E-state index is 0.0893. The molecule has 1 saturated heterocycles. The molecule has 2 rings (SSSR count). The molecular formula is C15H21F2N3O. The van der Waals surface area contributed by atoms with Gasteiger partial charge in [0.05, 0.1) is 0 Å². The third kappa shape index (κ3) is 4.37. The number of urea groups is 1. The van der Waals surface area contributed by atoms with E-state index in [1.54, 1.807) is 6.20 Å². The van der Waals surface area contributed by atoms with E-state index in [1.807, 2.05) is 26.0 Å². The lowest BCUT2D eigenvalue weighted by Gasteiger charge is -2.32. The summed E-state index contributed by atoms with van der Waals surface area (Å²) < 4.78 is 26.1. The van der Waals surface area contributed by atoms with Crippen LogP contribution in [-0.4, -0.2) is 41.0 Å². The summed E-state index contributed by atoms with van der Waals surface area (Å²) in [6, 6.07) is 3.49. The van der Waals surface area contributed by atoms with Crippen LogP contribution in [0.3, 0.4) is 0 Å². The van der Waals surface area contributed by atoms with Crippen LogP contribution in [0.1, 0.15) is 31.0 Å². The van der Waals surface area contributed by atoms with Gasteiger partial charge in [0.25, 0.3) is 5.92 Å². The normalized spacial score (nSPS) is 19.1. The fourth-order valence-electron chi connectivity index (χ4n) is 2.41. The lowest BCUT2D eigenvalue weighted by atomic mass is 10.1. The van der Waals surface area contributed by atoms with Gasteiger partial charge in [-0.15, -0.1) is 0 Å². The number of carbonyl (C=O) groups is 1. The van der Waals surface area contributed by atoms with Crippen molar-refractivity contribution in [3.05, 3.63) is 29.6 Å². The van der Waals surface area contributed by atoms with Crippen LogP contribution in [0.5, 0.6) is 0 Å². The lowest BCUT2D eigenvalue weighted by Crippen LogP contribution is -2.49. The van der Waals surface area contributed by atoms with Crippen molar-refractivity contribution < 1.29 is 13.6 Å². The number of carbonyl (C=O) groups excluding carboxylic acids is 1. The van der Waals surface area contributed by atoms with E-state index in [-0.39, 0.29) is 38.0 Å². The number of halogens is 2. The van der Waals surface area contributed by atoms with Crippen LogP contribution in [0, 0.1) is 6.92 Å². The maximum Gasteiger partial charge on any atom is 0.317 e. The molecule has 2 heterocycles. The summed E-state index contributed by atoms with van der Waals surface area (Å²) in [5.74, 6) is -2.63. The molecule has 0 aliphatic carbocycles. The molecule has 0 bridgehead atoms. The summed E-state index contributed by atoms with van der Waals surface area (Å²) in [5.41, 5.74) is 2.02. The predicted molar refractivity (Wildman–Crippen MR) is 76.4 cm³/mol. The molecule has 0 saturated carbocycles.